The molecule has 108 valence electrons. The Balaban J connectivity index is 1.52. The fraction of sp³-hybridized carbons (Fsp3) is 0.357. The van der Waals surface area contributed by atoms with Gasteiger partial charge in [-0.15, -0.1) is 11.3 Å². The van der Waals surface area contributed by atoms with Gasteiger partial charge in [0.15, 0.2) is 5.82 Å². The van der Waals surface area contributed by atoms with E-state index in [9.17, 15) is 4.79 Å². The van der Waals surface area contributed by atoms with Crippen LogP contribution >= 0.6 is 11.3 Å². The van der Waals surface area contributed by atoms with Crippen LogP contribution in [0.15, 0.2) is 22.0 Å². The summed E-state index contributed by atoms with van der Waals surface area (Å²) in [4.78, 5) is 21.8. The van der Waals surface area contributed by atoms with Gasteiger partial charge in [0.1, 0.15) is 5.69 Å². The number of nitrogens with zero attached hydrogens (tertiary/aromatic N) is 3. The van der Waals surface area contributed by atoms with Gasteiger partial charge in [-0.1, -0.05) is 5.16 Å². The van der Waals surface area contributed by atoms with Gasteiger partial charge in [0.05, 0.1) is 16.1 Å². The molecule has 0 saturated carbocycles. The van der Waals surface area contributed by atoms with Gasteiger partial charge in [-0.25, -0.2) is 0 Å². The SMILES string of the molecule is Cc1noc(C2CCN(C(=O)c3cc4sccc4[nH]3)C2)n1. The van der Waals surface area contributed by atoms with Crippen molar-refractivity contribution < 1.29 is 9.32 Å². The molecule has 1 aliphatic heterocycles. The van der Waals surface area contributed by atoms with Crippen LogP contribution in [0.25, 0.3) is 10.2 Å². The number of hydrogen-bond acceptors (Lipinski definition) is 5. The maximum absolute atomic E-state index is 12.5. The lowest BCUT2D eigenvalue weighted by atomic mass is 10.1. The zero-order valence-electron chi connectivity index (χ0n) is 11.5. The van der Waals surface area contributed by atoms with E-state index in [0.717, 1.165) is 23.2 Å². The summed E-state index contributed by atoms with van der Waals surface area (Å²) in [5, 5.41) is 5.83. The first kappa shape index (κ1) is 12.6. The van der Waals surface area contributed by atoms with E-state index in [2.05, 4.69) is 15.1 Å². The fourth-order valence-corrected chi connectivity index (χ4v) is 3.54. The fourth-order valence-electron chi connectivity index (χ4n) is 2.76. The number of H-pyrrole nitrogens is 1. The van der Waals surface area contributed by atoms with E-state index in [1.165, 1.54) is 0 Å². The molecule has 4 rings (SSSR count). The third-order valence-electron chi connectivity index (χ3n) is 3.84. The third kappa shape index (κ3) is 2.13. The highest BCUT2D eigenvalue weighted by atomic mass is 32.1. The van der Waals surface area contributed by atoms with Crippen molar-refractivity contribution >= 4 is 27.5 Å². The molecule has 21 heavy (non-hydrogen) atoms. The molecule has 1 atom stereocenters. The van der Waals surface area contributed by atoms with Crippen LogP contribution in [-0.4, -0.2) is 39.0 Å². The van der Waals surface area contributed by atoms with Gasteiger partial charge in [0, 0.05) is 13.1 Å². The maximum atomic E-state index is 12.5. The standard InChI is InChI=1S/C14H14N4O2S/c1-8-15-13(20-17-8)9-2-4-18(7-9)14(19)11-6-12-10(16-11)3-5-21-12/h3,5-6,9,16H,2,4,7H2,1H3. The highest BCUT2D eigenvalue weighted by Crippen LogP contribution is 2.28. The molecule has 0 aromatic carbocycles. The van der Waals surface area contributed by atoms with E-state index < -0.39 is 0 Å². The Labute approximate surface area is 124 Å². The number of thiophene rings is 1. The summed E-state index contributed by atoms with van der Waals surface area (Å²) >= 11 is 1.63. The van der Waals surface area contributed by atoms with Crippen LogP contribution in [-0.2, 0) is 0 Å². The average molecular weight is 302 g/mol. The van der Waals surface area contributed by atoms with Gasteiger partial charge in [-0.3, -0.25) is 4.79 Å². The van der Waals surface area contributed by atoms with Crippen LogP contribution in [0.5, 0.6) is 0 Å². The zero-order chi connectivity index (χ0) is 14.4. The molecule has 0 bridgehead atoms. The van der Waals surface area contributed by atoms with E-state index in [1.54, 1.807) is 18.3 Å². The Morgan fingerprint density at radius 3 is 3.24 bits per heavy atom. The minimum absolute atomic E-state index is 0.0390. The third-order valence-corrected chi connectivity index (χ3v) is 4.70. The number of hydrogen-bond donors (Lipinski definition) is 1. The first-order valence-electron chi connectivity index (χ1n) is 6.86. The molecular formula is C14H14N4O2S. The summed E-state index contributed by atoms with van der Waals surface area (Å²) in [7, 11) is 0. The monoisotopic (exact) mass is 302 g/mol. The minimum atomic E-state index is 0.0390. The van der Waals surface area contributed by atoms with Crippen molar-refractivity contribution in [3.05, 3.63) is 34.9 Å². The molecule has 0 spiro atoms. The number of carbonyl (C=O) groups is 1. The normalized spacial score (nSPS) is 18.7. The van der Waals surface area contributed by atoms with Crippen molar-refractivity contribution in [3.8, 4) is 0 Å². The highest BCUT2D eigenvalue weighted by Gasteiger charge is 2.31. The maximum Gasteiger partial charge on any atom is 0.270 e. The number of aromatic nitrogens is 3. The lowest BCUT2D eigenvalue weighted by Gasteiger charge is -2.14. The van der Waals surface area contributed by atoms with E-state index in [4.69, 9.17) is 4.52 Å². The summed E-state index contributed by atoms with van der Waals surface area (Å²) < 4.78 is 6.33. The molecule has 3 aromatic heterocycles. The Kier molecular flexibility index (Phi) is 2.81. The van der Waals surface area contributed by atoms with Crippen molar-refractivity contribution in [2.75, 3.05) is 13.1 Å². The predicted octanol–water partition coefficient (Wildman–Crippen LogP) is 2.55. The number of carbonyl (C=O) groups excluding carboxylic acids is 1. The summed E-state index contributed by atoms with van der Waals surface area (Å²) in [6.07, 6.45) is 0.864. The van der Waals surface area contributed by atoms with E-state index in [1.807, 2.05) is 22.4 Å². The number of aromatic amines is 1. The van der Waals surface area contributed by atoms with Gasteiger partial charge in [0.25, 0.3) is 5.91 Å². The molecule has 1 saturated heterocycles. The molecule has 1 fully saturated rings. The van der Waals surface area contributed by atoms with Crippen molar-refractivity contribution in [3.63, 3.8) is 0 Å². The van der Waals surface area contributed by atoms with Gasteiger partial charge < -0.3 is 14.4 Å². The van der Waals surface area contributed by atoms with E-state index in [-0.39, 0.29) is 11.8 Å². The van der Waals surface area contributed by atoms with Crippen LogP contribution < -0.4 is 0 Å². The number of aryl methyl sites for hydroxylation is 1. The number of fused-ring (bicyclic) bond motifs is 1. The Hall–Kier alpha value is -2.15. The number of rotatable bonds is 2. The molecule has 1 unspecified atom stereocenters. The topological polar surface area (TPSA) is 75.0 Å². The van der Waals surface area contributed by atoms with Crippen molar-refractivity contribution in [2.24, 2.45) is 0 Å². The van der Waals surface area contributed by atoms with Crippen molar-refractivity contribution in [1.82, 2.24) is 20.0 Å². The lowest BCUT2D eigenvalue weighted by Crippen LogP contribution is -2.28. The highest BCUT2D eigenvalue weighted by molar-refractivity contribution is 7.17. The second kappa shape index (κ2) is 4.70. The van der Waals surface area contributed by atoms with Crippen molar-refractivity contribution in [2.45, 2.75) is 19.3 Å². The Morgan fingerprint density at radius 1 is 1.57 bits per heavy atom. The molecule has 6 nitrogen and oxygen atoms in total. The zero-order valence-corrected chi connectivity index (χ0v) is 12.3. The van der Waals surface area contributed by atoms with E-state index in [0.29, 0.717) is 24.0 Å². The number of amides is 1. The summed E-state index contributed by atoms with van der Waals surface area (Å²) in [5.74, 6) is 1.46. The van der Waals surface area contributed by atoms with Crippen LogP contribution in [0.1, 0.15) is 34.5 Å². The number of nitrogens with one attached hydrogen (secondary N) is 1. The largest absolute Gasteiger partial charge is 0.350 e. The van der Waals surface area contributed by atoms with Gasteiger partial charge >= 0.3 is 0 Å². The lowest BCUT2D eigenvalue weighted by molar-refractivity contribution is 0.0785. The Bertz CT molecular complexity index is 774. The first-order valence-corrected chi connectivity index (χ1v) is 7.74. The quantitative estimate of drug-likeness (QED) is 0.789. The smallest absolute Gasteiger partial charge is 0.270 e. The molecule has 4 heterocycles. The van der Waals surface area contributed by atoms with Crippen LogP contribution in [0, 0.1) is 6.92 Å². The van der Waals surface area contributed by atoms with Gasteiger partial charge in [-0.2, -0.15) is 4.98 Å². The van der Waals surface area contributed by atoms with Crippen molar-refractivity contribution in [1.29, 1.82) is 0 Å². The summed E-state index contributed by atoms with van der Waals surface area (Å²) in [6, 6.07) is 3.91. The number of likely N-dealkylation sites (tertiary alicyclic amines) is 1. The minimum Gasteiger partial charge on any atom is -0.350 e. The predicted molar refractivity (Wildman–Crippen MR) is 78.5 cm³/mol. The summed E-state index contributed by atoms with van der Waals surface area (Å²) in [5.41, 5.74) is 1.67. The molecule has 7 heteroatoms. The molecule has 1 amide bonds. The van der Waals surface area contributed by atoms with Gasteiger partial charge in [-0.05, 0) is 30.9 Å². The Morgan fingerprint density at radius 2 is 2.48 bits per heavy atom. The van der Waals surface area contributed by atoms with E-state index >= 15 is 0 Å². The van der Waals surface area contributed by atoms with Crippen LogP contribution in [0.3, 0.4) is 0 Å². The molecular weight excluding hydrogens is 288 g/mol. The van der Waals surface area contributed by atoms with Crippen LogP contribution in [0.2, 0.25) is 0 Å². The molecule has 0 aliphatic carbocycles. The summed E-state index contributed by atoms with van der Waals surface area (Å²) in [6.45, 7) is 3.15. The molecule has 1 N–H and O–H groups in total. The molecule has 0 radical (unpaired) electrons. The van der Waals surface area contributed by atoms with Crippen LogP contribution in [0.4, 0.5) is 0 Å². The second-order valence-electron chi connectivity index (χ2n) is 5.30. The molecule has 1 aliphatic rings. The van der Waals surface area contributed by atoms with Gasteiger partial charge in [0.2, 0.25) is 5.89 Å². The molecule has 3 aromatic rings. The first-order chi connectivity index (χ1) is 10.2. The average Bonchev–Trinajstić information content (AvgIpc) is 3.20. The second-order valence-corrected chi connectivity index (χ2v) is 6.25.